The Hall–Kier alpha value is -1.07. The molecular formula is C14H18F3NO. The maximum Gasteiger partial charge on any atom is 0.411 e. The molecule has 1 fully saturated rings. The van der Waals surface area contributed by atoms with Crippen molar-refractivity contribution in [2.24, 2.45) is 0 Å². The fraction of sp³-hybridized carbons (Fsp3) is 0.571. The molecule has 2 rings (SSSR count). The van der Waals surface area contributed by atoms with E-state index < -0.39 is 12.8 Å². The van der Waals surface area contributed by atoms with Crippen LogP contribution in [0.2, 0.25) is 0 Å². The molecule has 0 bridgehead atoms. The van der Waals surface area contributed by atoms with E-state index in [1.165, 1.54) is 5.56 Å². The highest BCUT2D eigenvalue weighted by Crippen LogP contribution is 2.40. The summed E-state index contributed by atoms with van der Waals surface area (Å²) in [5, 5.41) is 3.34. The van der Waals surface area contributed by atoms with E-state index in [0.717, 1.165) is 6.42 Å². The van der Waals surface area contributed by atoms with E-state index in [-0.39, 0.29) is 6.61 Å². The van der Waals surface area contributed by atoms with Crippen LogP contribution in [0.4, 0.5) is 13.2 Å². The van der Waals surface area contributed by atoms with Crippen LogP contribution >= 0.6 is 0 Å². The van der Waals surface area contributed by atoms with Crippen molar-refractivity contribution in [1.82, 2.24) is 5.32 Å². The Morgan fingerprint density at radius 1 is 1.21 bits per heavy atom. The molecule has 0 aromatic heterocycles. The zero-order chi connectivity index (χ0) is 13.7. The molecule has 0 aliphatic heterocycles. The lowest BCUT2D eigenvalue weighted by molar-refractivity contribution is -0.173. The highest BCUT2D eigenvalue weighted by atomic mass is 19.4. The van der Waals surface area contributed by atoms with Crippen LogP contribution in [0.1, 0.15) is 24.3 Å². The summed E-state index contributed by atoms with van der Waals surface area (Å²) >= 11 is 0. The zero-order valence-electron chi connectivity index (χ0n) is 10.6. The van der Waals surface area contributed by atoms with Crippen molar-refractivity contribution < 1.29 is 17.9 Å². The van der Waals surface area contributed by atoms with Crippen molar-refractivity contribution in [2.75, 3.05) is 19.8 Å². The van der Waals surface area contributed by atoms with Crippen LogP contribution in [-0.2, 0) is 4.74 Å². The van der Waals surface area contributed by atoms with Gasteiger partial charge in [0.1, 0.15) is 6.61 Å². The number of halogens is 3. The van der Waals surface area contributed by atoms with Crippen LogP contribution in [0.3, 0.4) is 0 Å². The van der Waals surface area contributed by atoms with Crippen LogP contribution in [-0.4, -0.2) is 32.0 Å². The van der Waals surface area contributed by atoms with Crippen LogP contribution in [0, 0.1) is 0 Å². The molecule has 0 heterocycles. The molecular weight excluding hydrogens is 255 g/mol. The second-order valence-electron chi connectivity index (χ2n) is 4.83. The number of alkyl halides is 3. The average Bonchev–Trinajstić information content (AvgIpc) is 3.13. The molecule has 1 N–H and O–H groups in total. The number of nitrogens with one attached hydrogen (secondary N) is 1. The number of hydrogen-bond acceptors (Lipinski definition) is 2. The fourth-order valence-electron chi connectivity index (χ4n) is 2.14. The van der Waals surface area contributed by atoms with Crippen molar-refractivity contribution >= 4 is 0 Å². The molecule has 1 aromatic rings. The minimum Gasteiger partial charge on any atom is -0.372 e. The third kappa shape index (κ3) is 5.20. The molecule has 106 valence electrons. The molecule has 0 saturated heterocycles. The van der Waals surface area contributed by atoms with E-state index in [4.69, 9.17) is 0 Å². The minimum atomic E-state index is -4.22. The molecule has 19 heavy (non-hydrogen) atoms. The van der Waals surface area contributed by atoms with E-state index >= 15 is 0 Å². The van der Waals surface area contributed by atoms with Crippen LogP contribution < -0.4 is 5.32 Å². The number of hydrogen-bond donors (Lipinski definition) is 1. The predicted molar refractivity (Wildman–Crippen MR) is 67.1 cm³/mol. The highest BCUT2D eigenvalue weighted by molar-refractivity contribution is 5.27. The normalized spacial score (nSPS) is 22.5. The van der Waals surface area contributed by atoms with Crippen molar-refractivity contribution in [3.8, 4) is 0 Å². The lowest BCUT2D eigenvalue weighted by Crippen LogP contribution is -2.22. The van der Waals surface area contributed by atoms with Gasteiger partial charge in [0.25, 0.3) is 0 Å². The van der Waals surface area contributed by atoms with Gasteiger partial charge in [0.2, 0.25) is 0 Å². The molecule has 5 heteroatoms. The Morgan fingerprint density at radius 3 is 2.63 bits per heavy atom. The summed E-state index contributed by atoms with van der Waals surface area (Å²) in [6, 6.07) is 10.7. The van der Waals surface area contributed by atoms with Gasteiger partial charge >= 0.3 is 6.18 Å². The summed E-state index contributed by atoms with van der Waals surface area (Å²) in [7, 11) is 0. The molecule has 1 aromatic carbocycles. The highest BCUT2D eigenvalue weighted by Gasteiger charge is 2.37. The molecule has 1 aliphatic carbocycles. The Morgan fingerprint density at radius 2 is 1.95 bits per heavy atom. The Bertz CT molecular complexity index is 380. The lowest BCUT2D eigenvalue weighted by atomic mass is 10.1. The first-order valence-electron chi connectivity index (χ1n) is 6.49. The Labute approximate surface area is 111 Å². The minimum absolute atomic E-state index is 0.148. The smallest absolute Gasteiger partial charge is 0.372 e. The van der Waals surface area contributed by atoms with Crippen LogP contribution in [0.25, 0.3) is 0 Å². The molecule has 2 unspecified atom stereocenters. The molecule has 1 saturated carbocycles. The number of ether oxygens (including phenoxy) is 1. The van der Waals surface area contributed by atoms with Crippen LogP contribution in [0.5, 0.6) is 0 Å². The first-order chi connectivity index (χ1) is 9.06. The molecule has 2 nitrogen and oxygen atoms in total. The van der Waals surface area contributed by atoms with Gasteiger partial charge in [0.15, 0.2) is 0 Å². The third-order valence-electron chi connectivity index (χ3n) is 3.16. The Kier molecular flexibility index (Phi) is 4.82. The SMILES string of the molecule is FC(F)(F)COCCCNC1CC1c1ccccc1. The Balaban J connectivity index is 1.52. The van der Waals surface area contributed by atoms with Gasteiger partial charge in [-0.25, -0.2) is 0 Å². The summed E-state index contributed by atoms with van der Waals surface area (Å²) < 4.78 is 40.0. The standard InChI is InChI=1S/C14H18F3NO/c15-14(16,17)10-19-8-4-7-18-13-9-12(13)11-5-2-1-3-6-11/h1-3,5-6,12-13,18H,4,7-10H2. The maximum absolute atomic E-state index is 11.8. The first-order valence-corrected chi connectivity index (χ1v) is 6.49. The maximum atomic E-state index is 11.8. The van der Waals surface area contributed by atoms with Gasteiger partial charge in [0, 0.05) is 18.6 Å². The average molecular weight is 273 g/mol. The number of benzene rings is 1. The summed E-state index contributed by atoms with van der Waals surface area (Å²) in [5.74, 6) is 0.553. The van der Waals surface area contributed by atoms with Gasteiger partial charge in [-0.15, -0.1) is 0 Å². The molecule has 0 amide bonds. The van der Waals surface area contributed by atoms with Gasteiger partial charge in [0.05, 0.1) is 0 Å². The second kappa shape index (κ2) is 6.39. The predicted octanol–water partition coefficient (Wildman–Crippen LogP) is 3.10. The van der Waals surface area contributed by atoms with E-state index in [1.807, 2.05) is 18.2 Å². The van der Waals surface area contributed by atoms with Gasteiger partial charge in [-0.1, -0.05) is 30.3 Å². The quantitative estimate of drug-likeness (QED) is 0.771. The summed E-state index contributed by atoms with van der Waals surface area (Å²) in [6.45, 7) is -0.301. The monoisotopic (exact) mass is 273 g/mol. The topological polar surface area (TPSA) is 21.3 Å². The van der Waals surface area contributed by atoms with Gasteiger partial charge < -0.3 is 10.1 Å². The van der Waals surface area contributed by atoms with Crippen molar-refractivity contribution in [1.29, 1.82) is 0 Å². The van der Waals surface area contributed by atoms with Crippen molar-refractivity contribution in [3.05, 3.63) is 35.9 Å². The summed E-state index contributed by atoms with van der Waals surface area (Å²) in [5.41, 5.74) is 1.33. The molecule has 0 spiro atoms. The second-order valence-corrected chi connectivity index (χ2v) is 4.83. The molecule has 2 atom stereocenters. The zero-order valence-corrected chi connectivity index (χ0v) is 10.6. The van der Waals surface area contributed by atoms with E-state index in [1.54, 1.807) is 0 Å². The van der Waals surface area contributed by atoms with Gasteiger partial charge in [-0.05, 0) is 24.9 Å². The van der Waals surface area contributed by atoms with Crippen molar-refractivity contribution in [2.45, 2.75) is 31.0 Å². The summed E-state index contributed by atoms with van der Waals surface area (Å²) in [6.07, 6.45) is -2.51. The molecule has 0 radical (unpaired) electrons. The third-order valence-corrected chi connectivity index (χ3v) is 3.16. The number of rotatable bonds is 7. The van der Waals surface area contributed by atoms with Gasteiger partial charge in [-0.3, -0.25) is 0 Å². The molecule has 1 aliphatic rings. The van der Waals surface area contributed by atoms with Crippen LogP contribution in [0.15, 0.2) is 30.3 Å². The fourth-order valence-corrected chi connectivity index (χ4v) is 2.14. The summed E-state index contributed by atoms with van der Waals surface area (Å²) in [4.78, 5) is 0. The van der Waals surface area contributed by atoms with Gasteiger partial charge in [-0.2, -0.15) is 13.2 Å². The van der Waals surface area contributed by atoms with E-state index in [9.17, 15) is 13.2 Å². The lowest BCUT2D eigenvalue weighted by Gasteiger charge is -2.08. The first kappa shape index (κ1) is 14.3. The van der Waals surface area contributed by atoms with Crippen molar-refractivity contribution in [3.63, 3.8) is 0 Å². The van der Waals surface area contributed by atoms with E-state index in [0.29, 0.717) is 24.9 Å². The van der Waals surface area contributed by atoms with E-state index in [2.05, 4.69) is 22.2 Å². The largest absolute Gasteiger partial charge is 0.411 e.